The summed E-state index contributed by atoms with van der Waals surface area (Å²) in [7, 11) is -10.2. The lowest BCUT2D eigenvalue weighted by Gasteiger charge is -2.20. The van der Waals surface area contributed by atoms with Crippen LogP contribution in [0.1, 0.15) is 12.6 Å². The molecule has 2 aromatic rings. The van der Waals surface area contributed by atoms with Crippen LogP contribution in [0, 0.1) is 0 Å². The summed E-state index contributed by atoms with van der Waals surface area (Å²) >= 11 is 0. The fourth-order valence-electron chi connectivity index (χ4n) is 3.61. The number of nitrogens with zero attached hydrogens (tertiary/aromatic N) is 4. The molecule has 19 heteroatoms. The number of fused-ring (bicyclic) bond motifs is 1. The van der Waals surface area contributed by atoms with Crippen LogP contribution in [0.3, 0.4) is 0 Å². The Kier molecular flexibility index (Phi) is 7.36. The summed E-state index contributed by atoms with van der Waals surface area (Å²) in [6.45, 7) is -1.12. The van der Waals surface area contributed by atoms with Crippen molar-refractivity contribution < 1.29 is 52.3 Å². The number of phosphoric acid groups is 2. The molecule has 0 aliphatic carbocycles. The molecule has 2 aliphatic rings. The third kappa shape index (κ3) is 5.62. The predicted molar refractivity (Wildman–Crippen MR) is 111 cm³/mol. The Balaban J connectivity index is 1.30. The van der Waals surface area contributed by atoms with Crippen LogP contribution < -0.4 is 11.1 Å². The molecule has 2 aromatic heterocycles. The Morgan fingerprint density at radius 2 is 1.82 bits per heavy atom. The van der Waals surface area contributed by atoms with Crippen molar-refractivity contribution in [1.29, 1.82) is 0 Å². The number of anilines is 1. The van der Waals surface area contributed by atoms with E-state index in [1.807, 2.05) is 0 Å². The van der Waals surface area contributed by atoms with Crippen molar-refractivity contribution in [3.63, 3.8) is 0 Å². The van der Waals surface area contributed by atoms with Crippen molar-refractivity contribution in [1.82, 2.24) is 24.8 Å². The van der Waals surface area contributed by atoms with Crippen molar-refractivity contribution in [2.24, 2.45) is 0 Å². The minimum atomic E-state index is -5.09. The number of ether oxygens (including phenoxy) is 1. The van der Waals surface area contributed by atoms with Gasteiger partial charge in [0.15, 0.2) is 17.7 Å². The number of nitrogens with two attached hydrogens (primary N) is 1. The second-order valence-corrected chi connectivity index (χ2v) is 10.8. The van der Waals surface area contributed by atoms with Gasteiger partial charge in [-0.25, -0.2) is 24.1 Å². The smallest absolute Gasteiger partial charge is 0.389 e. The molecule has 2 saturated heterocycles. The summed E-state index contributed by atoms with van der Waals surface area (Å²) < 4.78 is 44.8. The van der Waals surface area contributed by atoms with E-state index in [9.17, 15) is 34.2 Å². The van der Waals surface area contributed by atoms with Gasteiger partial charge in [-0.2, -0.15) is 4.31 Å². The average molecular weight is 526 g/mol. The van der Waals surface area contributed by atoms with Gasteiger partial charge in [0, 0.05) is 13.0 Å². The number of rotatable bonds is 9. The van der Waals surface area contributed by atoms with Crippen molar-refractivity contribution in [2.45, 2.75) is 43.1 Å². The molecular weight excluding hydrogens is 502 g/mol. The van der Waals surface area contributed by atoms with E-state index in [4.69, 9.17) is 15.0 Å². The second kappa shape index (κ2) is 9.81. The highest BCUT2D eigenvalue weighted by atomic mass is 31.3. The number of aromatic nitrogens is 4. The van der Waals surface area contributed by atoms with E-state index >= 15 is 0 Å². The minimum absolute atomic E-state index is 0.00818. The zero-order valence-corrected chi connectivity index (χ0v) is 19.2. The summed E-state index contributed by atoms with van der Waals surface area (Å²) in [5.41, 5.74) is 6.36. The van der Waals surface area contributed by atoms with Crippen molar-refractivity contribution in [3.8, 4) is 0 Å². The van der Waals surface area contributed by atoms with E-state index in [0.717, 1.165) is 0 Å². The SMILES string of the molecule is Nc1ncnc2c1ncn2[C@@H]1OC(COP(=O)(O)OP(=O)(O)OC[C@@H]2NC[C@@H](O)[C@H]2O)C[C@H]1O. The zero-order valence-electron chi connectivity index (χ0n) is 17.4. The first kappa shape index (κ1) is 25.5. The maximum absolute atomic E-state index is 12.1. The lowest BCUT2D eigenvalue weighted by atomic mass is 10.1. The average Bonchev–Trinajstić information content (AvgIpc) is 3.43. The minimum Gasteiger partial charge on any atom is -0.389 e. The molecule has 0 aromatic carbocycles. The van der Waals surface area contributed by atoms with E-state index in [1.165, 1.54) is 17.2 Å². The van der Waals surface area contributed by atoms with Crippen LogP contribution in [0.2, 0.25) is 0 Å². The third-order valence-corrected chi connectivity index (χ3v) is 7.87. The van der Waals surface area contributed by atoms with Gasteiger partial charge in [0.25, 0.3) is 0 Å². The van der Waals surface area contributed by atoms with Crippen molar-refractivity contribution in [3.05, 3.63) is 12.7 Å². The highest BCUT2D eigenvalue weighted by Gasteiger charge is 2.41. The van der Waals surface area contributed by atoms with E-state index in [0.29, 0.717) is 11.2 Å². The van der Waals surface area contributed by atoms with Gasteiger partial charge in [-0.3, -0.25) is 13.6 Å². The number of nitrogens with one attached hydrogen (secondary N) is 1. The zero-order chi connectivity index (χ0) is 24.7. The highest BCUT2D eigenvalue weighted by Crippen LogP contribution is 2.60. The van der Waals surface area contributed by atoms with Crippen LogP contribution in [-0.4, -0.2) is 94.8 Å². The molecule has 0 spiro atoms. The van der Waals surface area contributed by atoms with Crippen molar-refractivity contribution in [2.75, 3.05) is 25.5 Å². The van der Waals surface area contributed by atoms with E-state index in [2.05, 4.69) is 29.1 Å². The van der Waals surface area contributed by atoms with Crippen LogP contribution in [0.4, 0.5) is 5.82 Å². The fraction of sp³-hybridized carbons (Fsp3) is 0.667. The van der Waals surface area contributed by atoms with Crippen LogP contribution in [0.5, 0.6) is 0 Å². The van der Waals surface area contributed by atoms with E-state index in [1.54, 1.807) is 0 Å². The molecule has 2 fully saturated rings. The first-order valence-electron chi connectivity index (χ1n) is 9.98. The molecular formula is C15H24N6O11P2. The maximum atomic E-state index is 12.1. The molecule has 0 radical (unpaired) electrons. The number of hydrogen-bond acceptors (Lipinski definition) is 14. The van der Waals surface area contributed by atoms with Crippen LogP contribution in [0.25, 0.3) is 11.2 Å². The molecule has 8 N–H and O–H groups in total. The number of phosphoric ester groups is 2. The first-order chi connectivity index (χ1) is 16.0. The molecule has 4 rings (SSSR count). The highest BCUT2D eigenvalue weighted by molar-refractivity contribution is 7.61. The van der Waals surface area contributed by atoms with E-state index in [-0.39, 0.29) is 18.8 Å². The second-order valence-electron chi connectivity index (χ2n) is 7.72. The number of imidazole rings is 1. The molecule has 8 atom stereocenters. The molecule has 2 aliphatic heterocycles. The van der Waals surface area contributed by atoms with Gasteiger partial charge < -0.3 is 40.9 Å². The van der Waals surface area contributed by atoms with Gasteiger partial charge in [0.05, 0.1) is 43.9 Å². The lowest BCUT2D eigenvalue weighted by Crippen LogP contribution is -2.36. The molecule has 0 bridgehead atoms. The molecule has 34 heavy (non-hydrogen) atoms. The summed E-state index contributed by atoms with van der Waals surface area (Å²) in [6.07, 6.45) is -2.69. The number of nitrogen functional groups attached to an aromatic ring is 1. The topological polar surface area (TPSA) is 254 Å². The molecule has 4 heterocycles. The third-order valence-electron chi connectivity index (χ3n) is 5.27. The van der Waals surface area contributed by atoms with Crippen LogP contribution in [-0.2, 0) is 27.2 Å². The van der Waals surface area contributed by atoms with Crippen LogP contribution >= 0.6 is 15.6 Å². The van der Waals surface area contributed by atoms with Crippen molar-refractivity contribution >= 4 is 32.6 Å². The molecule has 3 unspecified atom stereocenters. The van der Waals surface area contributed by atoms with Gasteiger partial charge in [-0.05, 0) is 0 Å². The maximum Gasteiger partial charge on any atom is 0.481 e. The Bertz CT molecular complexity index is 1120. The van der Waals surface area contributed by atoms with Gasteiger partial charge in [-0.15, -0.1) is 0 Å². The number of aliphatic hydroxyl groups excluding tert-OH is 3. The Morgan fingerprint density at radius 3 is 2.50 bits per heavy atom. The monoisotopic (exact) mass is 526 g/mol. The molecule has 17 nitrogen and oxygen atoms in total. The predicted octanol–water partition coefficient (Wildman–Crippen LogP) is -2.00. The fourth-order valence-corrected chi connectivity index (χ4v) is 5.74. The Morgan fingerprint density at radius 1 is 1.12 bits per heavy atom. The summed E-state index contributed by atoms with van der Waals surface area (Å²) in [6, 6.07) is -0.886. The number of β-amino-alcohol motifs (C(OH)–C–C–N with tert-alkyl or cyclic N) is 1. The molecule has 0 saturated carbocycles. The quantitative estimate of drug-likeness (QED) is 0.174. The Labute approximate surface area is 191 Å². The summed E-state index contributed by atoms with van der Waals surface area (Å²) in [4.78, 5) is 31.5. The normalized spacial score (nSPS) is 33.2. The summed E-state index contributed by atoms with van der Waals surface area (Å²) in [5, 5.41) is 32.2. The van der Waals surface area contributed by atoms with Gasteiger partial charge in [-0.1, -0.05) is 0 Å². The van der Waals surface area contributed by atoms with Gasteiger partial charge >= 0.3 is 15.6 Å². The van der Waals surface area contributed by atoms with Crippen LogP contribution in [0.15, 0.2) is 12.7 Å². The number of hydrogen-bond donors (Lipinski definition) is 7. The van der Waals surface area contributed by atoms with Gasteiger partial charge in [0.2, 0.25) is 0 Å². The largest absolute Gasteiger partial charge is 0.481 e. The molecule has 0 amide bonds. The first-order valence-corrected chi connectivity index (χ1v) is 13.0. The summed E-state index contributed by atoms with van der Waals surface area (Å²) in [5.74, 6) is 0.138. The van der Waals surface area contributed by atoms with Gasteiger partial charge in [0.1, 0.15) is 17.9 Å². The van der Waals surface area contributed by atoms with E-state index < -0.39 is 65.5 Å². The molecule has 190 valence electrons. The Hall–Kier alpha value is -1.59. The number of aliphatic hydroxyl groups is 3. The standard InChI is InChI=1S/C15H24N6O11P2/c16-13-11-14(19-5-18-13)21(6-20-11)15-9(22)1-7(31-15)3-29-33(25,26)32-34(27,28)30-4-8-12(24)10(23)2-17-8/h5-10,12,15,17,22-24H,1-4H2,(H,25,26)(H,27,28)(H2,16,18,19)/t7?,8-,9+,10+,12-,15+/m0/s1. The lowest BCUT2D eigenvalue weighted by molar-refractivity contribution is -0.0482.